The van der Waals surface area contributed by atoms with Gasteiger partial charge in [0.2, 0.25) is 5.91 Å². The summed E-state index contributed by atoms with van der Waals surface area (Å²) in [4.78, 5) is 27.6. The summed E-state index contributed by atoms with van der Waals surface area (Å²) in [5.41, 5.74) is 4.05. The largest absolute Gasteiger partial charge is 0.481 e. The fourth-order valence-corrected chi connectivity index (χ4v) is 5.16. The highest BCUT2D eigenvalue weighted by molar-refractivity contribution is 6.05. The number of carbonyl (C=O) groups is 2. The number of carboxylic acids is 1. The van der Waals surface area contributed by atoms with Crippen LogP contribution in [0.3, 0.4) is 0 Å². The zero-order valence-corrected chi connectivity index (χ0v) is 14.9. The number of rotatable bonds is 2. The lowest BCUT2D eigenvalue weighted by Crippen LogP contribution is -2.41. The molecule has 4 atom stereocenters. The van der Waals surface area contributed by atoms with Crippen molar-refractivity contribution in [2.75, 3.05) is 4.90 Å². The molecule has 3 aliphatic rings. The number of carboxylic acid groups (broad SMARTS) is 1. The van der Waals surface area contributed by atoms with Crippen molar-refractivity contribution in [3.63, 3.8) is 0 Å². The van der Waals surface area contributed by atoms with Crippen LogP contribution < -0.4 is 4.90 Å². The number of allylic oxidation sites excluding steroid dienone is 2. The maximum absolute atomic E-state index is 13.8. The van der Waals surface area contributed by atoms with E-state index in [4.69, 9.17) is 0 Å². The predicted octanol–water partition coefficient (Wildman–Crippen LogP) is 3.97. The van der Waals surface area contributed by atoms with Gasteiger partial charge in [-0.3, -0.25) is 14.5 Å². The van der Waals surface area contributed by atoms with Crippen LogP contribution in [0.15, 0.2) is 60.7 Å². The van der Waals surface area contributed by atoms with E-state index >= 15 is 0 Å². The Bertz CT molecular complexity index is 916. The molecule has 1 amide bonds. The Morgan fingerprint density at radius 2 is 1.33 bits per heavy atom. The van der Waals surface area contributed by atoms with Gasteiger partial charge in [-0.2, -0.15) is 0 Å². The summed E-state index contributed by atoms with van der Waals surface area (Å²) in [6, 6.07) is 16.0. The van der Waals surface area contributed by atoms with Crippen molar-refractivity contribution in [1.29, 1.82) is 0 Å². The van der Waals surface area contributed by atoms with Gasteiger partial charge in [-0.25, -0.2) is 0 Å². The van der Waals surface area contributed by atoms with Gasteiger partial charge in [-0.1, -0.05) is 48.6 Å². The number of carbonyl (C=O) groups excluding carboxylic acids is 1. The summed E-state index contributed by atoms with van der Waals surface area (Å²) in [6.45, 7) is 0. The van der Waals surface area contributed by atoms with Crippen LogP contribution in [0.2, 0.25) is 0 Å². The molecule has 2 bridgehead atoms. The van der Waals surface area contributed by atoms with E-state index < -0.39 is 17.8 Å². The highest BCUT2D eigenvalue weighted by atomic mass is 16.4. The fourth-order valence-electron chi connectivity index (χ4n) is 5.16. The van der Waals surface area contributed by atoms with Crippen molar-refractivity contribution in [1.82, 2.24) is 0 Å². The molecular weight excluding hydrogens is 338 g/mol. The summed E-state index contributed by atoms with van der Waals surface area (Å²) in [5.74, 6) is -2.08. The molecule has 1 heterocycles. The minimum Gasteiger partial charge on any atom is -0.481 e. The third-order valence-electron chi connectivity index (χ3n) is 6.38. The van der Waals surface area contributed by atoms with Crippen molar-refractivity contribution in [2.45, 2.75) is 19.3 Å². The molecule has 4 unspecified atom stereocenters. The number of hydrogen-bond acceptors (Lipinski definition) is 2. The first kappa shape index (κ1) is 16.3. The molecule has 4 nitrogen and oxygen atoms in total. The van der Waals surface area contributed by atoms with Gasteiger partial charge in [0.05, 0.1) is 23.2 Å². The lowest BCUT2D eigenvalue weighted by molar-refractivity contribution is -0.147. The van der Waals surface area contributed by atoms with Gasteiger partial charge < -0.3 is 5.11 Å². The maximum Gasteiger partial charge on any atom is 0.307 e. The summed E-state index contributed by atoms with van der Waals surface area (Å²) in [6.07, 6.45) is 6.54. The van der Waals surface area contributed by atoms with E-state index in [-0.39, 0.29) is 17.7 Å². The number of para-hydroxylation sites is 2. The van der Waals surface area contributed by atoms with Crippen molar-refractivity contribution >= 4 is 23.3 Å². The van der Waals surface area contributed by atoms with E-state index in [9.17, 15) is 14.7 Å². The molecule has 27 heavy (non-hydrogen) atoms. The maximum atomic E-state index is 13.8. The van der Waals surface area contributed by atoms with Gasteiger partial charge in [-0.05, 0) is 54.4 Å². The first-order valence-corrected chi connectivity index (χ1v) is 9.56. The number of aliphatic carboxylic acids is 1. The zero-order chi connectivity index (χ0) is 18.5. The molecule has 0 spiro atoms. The monoisotopic (exact) mass is 359 g/mol. The van der Waals surface area contributed by atoms with Gasteiger partial charge in [-0.15, -0.1) is 0 Å². The number of amides is 1. The van der Waals surface area contributed by atoms with E-state index in [1.807, 2.05) is 48.6 Å². The molecule has 2 aromatic carbocycles. The van der Waals surface area contributed by atoms with Gasteiger partial charge in [0.25, 0.3) is 0 Å². The molecular formula is C23H21NO3. The summed E-state index contributed by atoms with van der Waals surface area (Å²) in [7, 11) is 0. The topological polar surface area (TPSA) is 57.6 Å². The first-order chi connectivity index (χ1) is 13.1. The lowest BCUT2D eigenvalue weighted by atomic mass is 9.82. The van der Waals surface area contributed by atoms with Crippen LogP contribution >= 0.6 is 0 Å². The second kappa shape index (κ2) is 6.08. The molecule has 0 aromatic heterocycles. The van der Waals surface area contributed by atoms with Gasteiger partial charge in [0.15, 0.2) is 0 Å². The average Bonchev–Trinajstić information content (AvgIpc) is 3.25. The molecule has 2 aromatic rings. The normalized spacial score (nSPS) is 27.8. The molecule has 1 N–H and O–H groups in total. The minimum atomic E-state index is -0.860. The van der Waals surface area contributed by atoms with E-state index in [0.29, 0.717) is 0 Å². The van der Waals surface area contributed by atoms with Gasteiger partial charge in [0.1, 0.15) is 0 Å². The zero-order valence-electron chi connectivity index (χ0n) is 14.9. The number of benzene rings is 2. The molecule has 2 aliphatic carbocycles. The third-order valence-corrected chi connectivity index (χ3v) is 6.38. The highest BCUT2D eigenvalue weighted by Crippen LogP contribution is 2.50. The van der Waals surface area contributed by atoms with Crippen LogP contribution in [-0.2, 0) is 22.4 Å². The van der Waals surface area contributed by atoms with Crippen molar-refractivity contribution in [3.8, 4) is 0 Å². The Hall–Kier alpha value is -2.88. The standard InChI is InChI=1S/C23H21NO3/c25-22(20-16-11-12-17(13-16)21(20)23(26)27)24-18-7-3-1-5-14(18)9-10-15-6-2-4-8-19(15)24/h1-8,11-12,16-17,20-21H,9-10,13H2,(H,26,27). The first-order valence-electron chi connectivity index (χ1n) is 9.56. The molecule has 1 aliphatic heterocycles. The molecule has 1 fully saturated rings. The smallest absolute Gasteiger partial charge is 0.307 e. The van der Waals surface area contributed by atoms with Gasteiger partial charge >= 0.3 is 5.97 Å². The van der Waals surface area contributed by atoms with Crippen molar-refractivity contribution in [3.05, 3.63) is 71.8 Å². The summed E-state index contributed by atoms with van der Waals surface area (Å²) < 4.78 is 0. The van der Waals surface area contributed by atoms with Crippen LogP contribution in [0.4, 0.5) is 11.4 Å². The molecule has 1 saturated carbocycles. The molecule has 4 heteroatoms. The van der Waals surface area contributed by atoms with E-state index in [0.717, 1.165) is 41.8 Å². The number of anilines is 2. The number of fused-ring (bicyclic) bond motifs is 4. The Labute approximate surface area is 158 Å². The Kier molecular flexibility index (Phi) is 3.67. The minimum absolute atomic E-state index is 0.0196. The predicted molar refractivity (Wildman–Crippen MR) is 103 cm³/mol. The molecule has 136 valence electrons. The molecule has 5 rings (SSSR count). The molecule has 0 saturated heterocycles. The van der Waals surface area contributed by atoms with Crippen LogP contribution in [0.25, 0.3) is 0 Å². The van der Waals surface area contributed by atoms with Crippen molar-refractivity contribution in [2.24, 2.45) is 23.7 Å². The van der Waals surface area contributed by atoms with E-state index in [1.54, 1.807) is 4.90 Å². The molecule has 0 radical (unpaired) electrons. The SMILES string of the molecule is O=C(O)C1C2C=CC(C2)C1C(=O)N1c2ccccc2CCc2ccccc21. The number of nitrogens with zero attached hydrogens (tertiary/aromatic N) is 1. The third kappa shape index (κ3) is 2.43. The summed E-state index contributed by atoms with van der Waals surface area (Å²) >= 11 is 0. The highest BCUT2D eigenvalue weighted by Gasteiger charge is 2.53. The van der Waals surface area contributed by atoms with Crippen LogP contribution in [0.1, 0.15) is 17.5 Å². The number of hydrogen-bond donors (Lipinski definition) is 1. The van der Waals surface area contributed by atoms with Crippen LogP contribution in [0.5, 0.6) is 0 Å². The lowest BCUT2D eigenvalue weighted by Gasteiger charge is -2.32. The van der Waals surface area contributed by atoms with Crippen LogP contribution in [0, 0.1) is 23.7 Å². The van der Waals surface area contributed by atoms with Crippen molar-refractivity contribution < 1.29 is 14.7 Å². The van der Waals surface area contributed by atoms with Crippen LogP contribution in [-0.4, -0.2) is 17.0 Å². The fraction of sp³-hybridized carbons (Fsp3) is 0.304. The quantitative estimate of drug-likeness (QED) is 0.826. The van der Waals surface area contributed by atoms with Gasteiger partial charge in [0, 0.05) is 0 Å². The second-order valence-electron chi connectivity index (χ2n) is 7.77. The number of aryl methyl sites for hydroxylation is 2. The Morgan fingerprint density at radius 3 is 1.89 bits per heavy atom. The average molecular weight is 359 g/mol. The second-order valence-corrected chi connectivity index (χ2v) is 7.77. The summed E-state index contributed by atoms with van der Waals surface area (Å²) in [5, 5.41) is 9.79. The van der Waals surface area contributed by atoms with E-state index in [1.165, 1.54) is 0 Å². The Morgan fingerprint density at radius 1 is 0.815 bits per heavy atom. The van der Waals surface area contributed by atoms with E-state index in [2.05, 4.69) is 12.1 Å². The Balaban J connectivity index is 1.65.